The van der Waals surface area contributed by atoms with Crippen molar-refractivity contribution >= 4 is 21.4 Å². The Morgan fingerprint density at radius 3 is 2.61 bits per heavy atom. The second-order valence-corrected chi connectivity index (χ2v) is 11.2. The minimum Gasteiger partial charge on any atom is -0.368 e. The van der Waals surface area contributed by atoms with Gasteiger partial charge < -0.3 is 4.90 Å². The van der Waals surface area contributed by atoms with Crippen molar-refractivity contribution in [2.24, 2.45) is 5.92 Å². The van der Waals surface area contributed by atoms with E-state index in [2.05, 4.69) is 29.8 Å². The number of pyridine rings is 1. The van der Waals surface area contributed by atoms with Crippen molar-refractivity contribution in [2.45, 2.75) is 26.2 Å². The van der Waals surface area contributed by atoms with Crippen LogP contribution in [0.4, 0.5) is 20.2 Å². The van der Waals surface area contributed by atoms with E-state index in [1.165, 1.54) is 25.6 Å². The normalized spacial score (nSPS) is 16.9. The van der Waals surface area contributed by atoms with Crippen LogP contribution in [0.1, 0.15) is 26.2 Å². The number of piperazine rings is 1. The molecule has 36 heavy (non-hydrogen) atoms. The number of halogens is 2. The lowest BCUT2D eigenvalue weighted by atomic mass is 10.2. The predicted molar refractivity (Wildman–Crippen MR) is 134 cm³/mol. The molecule has 3 aromatic rings. The van der Waals surface area contributed by atoms with Crippen LogP contribution >= 0.6 is 0 Å². The molecule has 0 radical (unpaired) electrons. The Morgan fingerprint density at radius 1 is 1.11 bits per heavy atom. The summed E-state index contributed by atoms with van der Waals surface area (Å²) in [5, 5.41) is 8.00. The fourth-order valence-electron chi connectivity index (χ4n) is 4.42. The SMILES string of the molecule is CCCS(=O)(=O)Nc1ccc(F)c(-n2cc(-c3cncc(N4CCN(CC5CC5)CC4)c3)nn2)c1F. The highest BCUT2D eigenvalue weighted by molar-refractivity contribution is 7.92. The summed E-state index contributed by atoms with van der Waals surface area (Å²) in [6.45, 7) is 6.70. The van der Waals surface area contributed by atoms with E-state index in [0.29, 0.717) is 17.7 Å². The van der Waals surface area contributed by atoms with E-state index < -0.39 is 27.3 Å². The van der Waals surface area contributed by atoms with Crippen LogP contribution in [0.3, 0.4) is 0 Å². The molecule has 12 heteroatoms. The molecule has 0 unspecified atom stereocenters. The van der Waals surface area contributed by atoms with E-state index in [0.717, 1.165) is 54.6 Å². The number of hydrogen-bond donors (Lipinski definition) is 1. The maximum absolute atomic E-state index is 15.1. The Bertz CT molecular complexity index is 1340. The van der Waals surface area contributed by atoms with Crippen LogP contribution in [0.2, 0.25) is 0 Å². The zero-order valence-electron chi connectivity index (χ0n) is 20.1. The van der Waals surface area contributed by atoms with Crippen molar-refractivity contribution in [3.8, 4) is 16.9 Å². The van der Waals surface area contributed by atoms with Crippen molar-refractivity contribution in [1.82, 2.24) is 24.9 Å². The molecule has 2 fully saturated rings. The largest absolute Gasteiger partial charge is 0.368 e. The van der Waals surface area contributed by atoms with Gasteiger partial charge in [0.05, 0.1) is 29.5 Å². The summed E-state index contributed by atoms with van der Waals surface area (Å²) in [5.74, 6) is -1.26. The number of rotatable bonds is 9. The van der Waals surface area contributed by atoms with E-state index in [-0.39, 0.29) is 11.4 Å². The van der Waals surface area contributed by atoms with Crippen LogP contribution in [0.25, 0.3) is 16.9 Å². The molecule has 3 heterocycles. The molecular formula is C24H29F2N7O2S. The number of hydrogen-bond acceptors (Lipinski definition) is 7. The topological polar surface area (TPSA) is 96.2 Å². The number of benzene rings is 1. The third-order valence-corrected chi connectivity index (χ3v) is 7.97. The molecule has 2 aromatic heterocycles. The van der Waals surface area contributed by atoms with E-state index in [1.54, 1.807) is 19.3 Å². The van der Waals surface area contributed by atoms with Gasteiger partial charge in [-0.05, 0) is 43.4 Å². The van der Waals surface area contributed by atoms with Crippen LogP contribution in [0, 0.1) is 17.6 Å². The standard InChI is InChI=1S/C24H29F2N7O2S/c1-2-11-36(34,35)29-21-6-5-20(25)24(23(21)26)33-16-22(28-30-33)18-12-19(14-27-13-18)32-9-7-31(8-10-32)15-17-3-4-17/h5-6,12-14,16-17,29H,2-4,7-11,15H2,1H3. The molecule has 192 valence electrons. The molecule has 1 aliphatic carbocycles. The maximum Gasteiger partial charge on any atom is 0.232 e. The first kappa shape index (κ1) is 24.6. The van der Waals surface area contributed by atoms with Gasteiger partial charge in [-0.25, -0.2) is 21.9 Å². The Hall–Kier alpha value is -3.12. The highest BCUT2D eigenvalue weighted by Gasteiger charge is 2.27. The smallest absolute Gasteiger partial charge is 0.232 e. The number of anilines is 2. The van der Waals surface area contributed by atoms with Gasteiger partial charge in [-0.3, -0.25) is 14.6 Å². The van der Waals surface area contributed by atoms with Crippen molar-refractivity contribution in [3.05, 3.63) is 48.4 Å². The lowest BCUT2D eigenvalue weighted by molar-refractivity contribution is 0.248. The summed E-state index contributed by atoms with van der Waals surface area (Å²) in [7, 11) is -3.75. The highest BCUT2D eigenvalue weighted by Crippen LogP contribution is 2.31. The molecule has 1 N–H and O–H groups in total. The molecule has 0 amide bonds. The fraction of sp³-hybridized carbons (Fsp3) is 0.458. The van der Waals surface area contributed by atoms with Crippen molar-refractivity contribution < 1.29 is 17.2 Å². The first-order valence-electron chi connectivity index (χ1n) is 12.2. The molecule has 1 saturated heterocycles. The molecule has 1 aliphatic heterocycles. The number of nitrogens with zero attached hydrogens (tertiary/aromatic N) is 6. The lowest BCUT2D eigenvalue weighted by Gasteiger charge is -2.36. The molecule has 1 aromatic carbocycles. The first-order chi connectivity index (χ1) is 17.3. The Morgan fingerprint density at radius 2 is 1.89 bits per heavy atom. The highest BCUT2D eigenvalue weighted by atomic mass is 32.2. The van der Waals surface area contributed by atoms with Gasteiger partial charge in [0, 0.05) is 44.5 Å². The fourth-order valence-corrected chi connectivity index (χ4v) is 5.55. The van der Waals surface area contributed by atoms with Gasteiger partial charge in [-0.2, -0.15) is 0 Å². The molecular weight excluding hydrogens is 488 g/mol. The summed E-state index contributed by atoms with van der Waals surface area (Å²) in [5.41, 5.74) is 1.16. The molecule has 0 bridgehead atoms. The molecule has 0 atom stereocenters. The number of nitrogens with one attached hydrogen (secondary N) is 1. The first-order valence-corrected chi connectivity index (χ1v) is 13.8. The molecule has 1 saturated carbocycles. The van der Waals surface area contributed by atoms with E-state index in [4.69, 9.17) is 0 Å². The van der Waals surface area contributed by atoms with E-state index in [9.17, 15) is 12.8 Å². The molecule has 0 spiro atoms. The van der Waals surface area contributed by atoms with Gasteiger partial charge in [0.2, 0.25) is 10.0 Å². The van der Waals surface area contributed by atoms with Gasteiger partial charge >= 0.3 is 0 Å². The minimum absolute atomic E-state index is 0.175. The second kappa shape index (κ2) is 10.1. The van der Waals surface area contributed by atoms with Crippen LogP contribution in [0.5, 0.6) is 0 Å². The van der Waals surface area contributed by atoms with Crippen LogP contribution in [-0.4, -0.2) is 71.8 Å². The van der Waals surface area contributed by atoms with E-state index in [1.807, 2.05) is 6.07 Å². The van der Waals surface area contributed by atoms with Gasteiger partial charge in [-0.15, -0.1) is 5.10 Å². The van der Waals surface area contributed by atoms with Gasteiger partial charge in [0.1, 0.15) is 11.4 Å². The Labute approximate surface area is 209 Å². The summed E-state index contributed by atoms with van der Waals surface area (Å²) >= 11 is 0. The average molecular weight is 518 g/mol. The van der Waals surface area contributed by atoms with Gasteiger partial charge in [0.25, 0.3) is 0 Å². The third-order valence-electron chi connectivity index (χ3n) is 6.50. The summed E-state index contributed by atoms with van der Waals surface area (Å²) in [4.78, 5) is 9.13. The quantitative estimate of drug-likeness (QED) is 0.465. The maximum atomic E-state index is 15.1. The third kappa shape index (κ3) is 5.49. The zero-order chi connectivity index (χ0) is 25.3. The summed E-state index contributed by atoms with van der Waals surface area (Å²) < 4.78 is 57.1. The lowest BCUT2D eigenvalue weighted by Crippen LogP contribution is -2.47. The van der Waals surface area contributed by atoms with Crippen LogP contribution < -0.4 is 9.62 Å². The minimum atomic E-state index is -3.75. The van der Waals surface area contributed by atoms with Crippen molar-refractivity contribution in [2.75, 3.05) is 48.1 Å². The Kier molecular flexibility index (Phi) is 6.89. The number of sulfonamides is 1. The monoisotopic (exact) mass is 517 g/mol. The predicted octanol–water partition coefficient (Wildman–Crippen LogP) is 3.29. The average Bonchev–Trinajstić information content (AvgIpc) is 3.54. The van der Waals surface area contributed by atoms with Crippen LogP contribution in [0.15, 0.2) is 36.8 Å². The van der Waals surface area contributed by atoms with E-state index >= 15 is 4.39 Å². The summed E-state index contributed by atoms with van der Waals surface area (Å²) in [6.07, 6.45) is 7.89. The van der Waals surface area contributed by atoms with Crippen molar-refractivity contribution in [3.63, 3.8) is 0 Å². The second-order valence-electron chi connectivity index (χ2n) is 9.39. The molecule has 2 aliphatic rings. The summed E-state index contributed by atoms with van der Waals surface area (Å²) in [6, 6.07) is 3.99. The van der Waals surface area contributed by atoms with Gasteiger partial charge in [-0.1, -0.05) is 12.1 Å². The zero-order valence-corrected chi connectivity index (χ0v) is 20.9. The van der Waals surface area contributed by atoms with Crippen molar-refractivity contribution in [1.29, 1.82) is 0 Å². The van der Waals surface area contributed by atoms with Crippen LogP contribution in [-0.2, 0) is 10.0 Å². The molecule has 9 nitrogen and oxygen atoms in total. The Balaban J connectivity index is 1.35. The number of aromatic nitrogens is 4. The molecule has 5 rings (SSSR count). The van der Waals surface area contributed by atoms with Gasteiger partial charge in [0.15, 0.2) is 11.6 Å².